The molecule has 0 aliphatic carbocycles. The maximum absolute atomic E-state index is 5.94. The molecule has 1 aliphatic heterocycles. The van der Waals surface area contributed by atoms with E-state index in [0.717, 1.165) is 19.6 Å². The highest BCUT2D eigenvalue weighted by Gasteiger charge is 2.28. The van der Waals surface area contributed by atoms with Crippen LogP contribution in [0.4, 0.5) is 0 Å². The molecule has 1 aliphatic rings. The highest BCUT2D eigenvalue weighted by atomic mass is 15.2. The van der Waals surface area contributed by atoms with Crippen molar-refractivity contribution in [3.8, 4) is 0 Å². The van der Waals surface area contributed by atoms with Crippen molar-refractivity contribution < 1.29 is 0 Å². The number of hydrogen-bond acceptors (Lipinski definition) is 3. The summed E-state index contributed by atoms with van der Waals surface area (Å²) in [7, 11) is 4.23. The minimum atomic E-state index is 0.407. The Bertz CT molecular complexity index is 387. The molecule has 0 spiro atoms. The summed E-state index contributed by atoms with van der Waals surface area (Å²) < 4.78 is 0. The van der Waals surface area contributed by atoms with Gasteiger partial charge >= 0.3 is 0 Å². The number of benzene rings is 1. The Morgan fingerprint density at radius 2 is 2.18 bits per heavy atom. The summed E-state index contributed by atoms with van der Waals surface area (Å²) in [6.07, 6.45) is 0. The second-order valence-electron chi connectivity index (χ2n) is 5.23. The summed E-state index contributed by atoms with van der Waals surface area (Å²) in [4.78, 5) is 4.71. The lowest BCUT2D eigenvalue weighted by molar-refractivity contribution is 0.197. The zero-order chi connectivity index (χ0) is 12.4. The fraction of sp³-hybridized carbons (Fsp3) is 0.571. The molecule has 1 atom stereocenters. The third kappa shape index (κ3) is 2.68. The van der Waals surface area contributed by atoms with Gasteiger partial charge in [-0.3, -0.25) is 4.90 Å². The number of fused-ring (bicyclic) bond motifs is 1. The molecule has 94 valence electrons. The first-order valence-corrected chi connectivity index (χ1v) is 6.30. The molecule has 2 N–H and O–H groups in total. The molecule has 1 aromatic carbocycles. The minimum Gasteiger partial charge on any atom is -0.329 e. The van der Waals surface area contributed by atoms with Crippen molar-refractivity contribution in [1.82, 2.24) is 9.80 Å². The van der Waals surface area contributed by atoms with E-state index >= 15 is 0 Å². The van der Waals surface area contributed by atoms with Crippen molar-refractivity contribution >= 4 is 0 Å². The molecule has 0 radical (unpaired) electrons. The van der Waals surface area contributed by atoms with Gasteiger partial charge in [0.2, 0.25) is 0 Å². The third-order valence-corrected chi connectivity index (χ3v) is 3.53. The largest absolute Gasteiger partial charge is 0.329 e. The Hall–Kier alpha value is -0.900. The lowest BCUT2D eigenvalue weighted by atomic mass is 10.0. The molecule has 0 saturated heterocycles. The van der Waals surface area contributed by atoms with Gasteiger partial charge in [-0.2, -0.15) is 0 Å². The van der Waals surface area contributed by atoms with Gasteiger partial charge in [0.05, 0.1) is 0 Å². The second-order valence-corrected chi connectivity index (χ2v) is 5.23. The van der Waals surface area contributed by atoms with Crippen LogP contribution >= 0.6 is 0 Å². The molecule has 1 unspecified atom stereocenters. The van der Waals surface area contributed by atoms with Crippen molar-refractivity contribution in [2.75, 3.05) is 33.7 Å². The molecule has 0 saturated carbocycles. The van der Waals surface area contributed by atoms with Gasteiger partial charge in [-0.05, 0) is 32.1 Å². The Labute approximate surface area is 104 Å². The van der Waals surface area contributed by atoms with E-state index in [-0.39, 0.29) is 0 Å². The molecule has 0 bridgehead atoms. The van der Waals surface area contributed by atoms with Crippen molar-refractivity contribution in [3.05, 3.63) is 34.9 Å². The van der Waals surface area contributed by atoms with E-state index in [4.69, 9.17) is 5.73 Å². The molecule has 0 fully saturated rings. The quantitative estimate of drug-likeness (QED) is 0.852. The highest BCUT2D eigenvalue weighted by Crippen LogP contribution is 2.33. The summed E-state index contributed by atoms with van der Waals surface area (Å²) in [6.45, 7) is 6.08. The topological polar surface area (TPSA) is 32.5 Å². The standard InChI is InChI=1S/C14H23N3/c1-11-4-5-12-10-17(7-6-16(2)3)14(9-15)13(12)8-11/h4-5,8,14H,6-7,9-10,15H2,1-3H3. The van der Waals surface area contributed by atoms with Crippen LogP contribution in [0.25, 0.3) is 0 Å². The third-order valence-electron chi connectivity index (χ3n) is 3.53. The Balaban J connectivity index is 2.14. The first-order valence-electron chi connectivity index (χ1n) is 6.30. The van der Waals surface area contributed by atoms with Gasteiger partial charge < -0.3 is 10.6 Å². The van der Waals surface area contributed by atoms with Crippen molar-refractivity contribution in [2.45, 2.75) is 19.5 Å². The molecule has 3 heteroatoms. The molecule has 1 heterocycles. The number of rotatable bonds is 4. The van der Waals surface area contributed by atoms with Crippen molar-refractivity contribution in [1.29, 1.82) is 0 Å². The summed E-state index contributed by atoms with van der Waals surface area (Å²) in [5.41, 5.74) is 10.2. The van der Waals surface area contributed by atoms with Gasteiger partial charge in [0.15, 0.2) is 0 Å². The lowest BCUT2D eigenvalue weighted by Gasteiger charge is -2.25. The fourth-order valence-corrected chi connectivity index (χ4v) is 2.53. The van der Waals surface area contributed by atoms with Crippen LogP contribution in [0.1, 0.15) is 22.7 Å². The van der Waals surface area contributed by atoms with Gasteiger partial charge in [-0.25, -0.2) is 0 Å². The van der Waals surface area contributed by atoms with E-state index in [1.165, 1.54) is 16.7 Å². The van der Waals surface area contributed by atoms with Crippen LogP contribution in [-0.2, 0) is 6.54 Å². The zero-order valence-corrected chi connectivity index (χ0v) is 11.1. The molecule has 0 amide bonds. The summed E-state index contributed by atoms with van der Waals surface area (Å²) in [5.74, 6) is 0. The number of nitrogens with zero attached hydrogens (tertiary/aromatic N) is 2. The van der Waals surface area contributed by atoms with Crippen LogP contribution in [0.15, 0.2) is 18.2 Å². The van der Waals surface area contributed by atoms with Crippen LogP contribution in [0, 0.1) is 6.92 Å². The summed E-state index contributed by atoms with van der Waals surface area (Å²) in [5, 5.41) is 0. The van der Waals surface area contributed by atoms with Crippen LogP contribution < -0.4 is 5.73 Å². The van der Waals surface area contributed by atoms with Crippen LogP contribution in [0.3, 0.4) is 0 Å². The monoisotopic (exact) mass is 233 g/mol. The van der Waals surface area contributed by atoms with Crippen LogP contribution in [-0.4, -0.2) is 43.5 Å². The smallest absolute Gasteiger partial charge is 0.0477 e. The van der Waals surface area contributed by atoms with Crippen molar-refractivity contribution in [3.63, 3.8) is 0 Å². The predicted molar refractivity (Wildman–Crippen MR) is 71.9 cm³/mol. The van der Waals surface area contributed by atoms with E-state index in [1.807, 2.05) is 0 Å². The maximum atomic E-state index is 5.94. The Morgan fingerprint density at radius 1 is 1.41 bits per heavy atom. The molecule has 2 rings (SSSR count). The average molecular weight is 233 g/mol. The first-order chi connectivity index (χ1) is 8.11. The van der Waals surface area contributed by atoms with E-state index in [2.05, 4.69) is 49.0 Å². The average Bonchev–Trinajstić information content (AvgIpc) is 2.63. The van der Waals surface area contributed by atoms with Gasteiger partial charge in [-0.1, -0.05) is 23.8 Å². The molecule has 1 aromatic rings. The minimum absolute atomic E-state index is 0.407. The lowest BCUT2D eigenvalue weighted by Crippen LogP contribution is -2.33. The number of nitrogens with two attached hydrogens (primary N) is 1. The number of aryl methyl sites for hydroxylation is 1. The van der Waals surface area contributed by atoms with Crippen LogP contribution in [0.5, 0.6) is 0 Å². The van der Waals surface area contributed by atoms with Gasteiger partial charge in [-0.15, -0.1) is 0 Å². The highest BCUT2D eigenvalue weighted by molar-refractivity contribution is 5.37. The normalized spacial score (nSPS) is 19.9. The molecule has 3 nitrogen and oxygen atoms in total. The molecule has 17 heavy (non-hydrogen) atoms. The fourth-order valence-electron chi connectivity index (χ4n) is 2.53. The predicted octanol–water partition coefficient (Wildman–Crippen LogP) is 1.37. The van der Waals surface area contributed by atoms with Gasteiger partial charge in [0, 0.05) is 32.2 Å². The van der Waals surface area contributed by atoms with E-state index in [1.54, 1.807) is 0 Å². The SMILES string of the molecule is Cc1ccc2c(c1)C(CN)N(CCN(C)C)C2. The zero-order valence-electron chi connectivity index (χ0n) is 11.1. The Kier molecular flexibility index (Phi) is 3.82. The van der Waals surface area contributed by atoms with E-state index < -0.39 is 0 Å². The van der Waals surface area contributed by atoms with Gasteiger partial charge in [0.1, 0.15) is 0 Å². The number of likely N-dealkylation sites (N-methyl/N-ethyl adjacent to an activating group) is 1. The Morgan fingerprint density at radius 3 is 2.82 bits per heavy atom. The molecule has 0 aromatic heterocycles. The van der Waals surface area contributed by atoms with Gasteiger partial charge in [0.25, 0.3) is 0 Å². The summed E-state index contributed by atoms with van der Waals surface area (Å²) in [6, 6.07) is 7.15. The maximum Gasteiger partial charge on any atom is 0.0477 e. The van der Waals surface area contributed by atoms with E-state index in [9.17, 15) is 0 Å². The van der Waals surface area contributed by atoms with E-state index in [0.29, 0.717) is 12.6 Å². The molecular formula is C14H23N3. The van der Waals surface area contributed by atoms with Crippen LogP contribution in [0.2, 0.25) is 0 Å². The first kappa shape index (κ1) is 12.6. The number of hydrogen-bond donors (Lipinski definition) is 1. The summed E-state index contributed by atoms with van der Waals surface area (Å²) >= 11 is 0. The second kappa shape index (κ2) is 5.17. The molecular weight excluding hydrogens is 210 g/mol. The van der Waals surface area contributed by atoms with Crippen molar-refractivity contribution in [2.24, 2.45) is 5.73 Å².